The van der Waals surface area contributed by atoms with Crippen LogP contribution in [0.4, 0.5) is 5.95 Å². The first-order chi connectivity index (χ1) is 7.45. The number of hydrogen-bond acceptors (Lipinski definition) is 4. The van der Waals surface area contributed by atoms with Gasteiger partial charge in [0.1, 0.15) is 0 Å². The van der Waals surface area contributed by atoms with Crippen molar-refractivity contribution in [3.63, 3.8) is 0 Å². The quantitative estimate of drug-likeness (QED) is 0.605. The molecular weight excluding hydrogens is 188 g/mol. The summed E-state index contributed by atoms with van der Waals surface area (Å²) >= 11 is 0. The summed E-state index contributed by atoms with van der Waals surface area (Å²) in [4.78, 5) is 7.95. The average molecular weight is 198 g/mol. The monoisotopic (exact) mass is 198 g/mol. The molecule has 2 rings (SSSR count). The summed E-state index contributed by atoms with van der Waals surface area (Å²) in [6.07, 6.45) is 5.04. The number of benzene rings is 1. The van der Waals surface area contributed by atoms with Gasteiger partial charge in [0.25, 0.3) is 0 Å². The second-order valence-corrected chi connectivity index (χ2v) is 2.85. The van der Waals surface area contributed by atoms with Gasteiger partial charge in [-0.05, 0) is 11.6 Å². The zero-order valence-corrected chi connectivity index (χ0v) is 8.04. The van der Waals surface area contributed by atoms with Gasteiger partial charge < -0.3 is 0 Å². The summed E-state index contributed by atoms with van der Waals surface area (Å²) < 4.78 is 0. The fourth-order valence-corrected chi connectivity index (χ4v) is 1.06. The Hall–Kier alpha value is -2.23. The largest absolute Gasteiger partial charge is 0.245 e. The highest BCUT2D eigenvalue weighted by Gasteiger charge is 1.88. The van der Waals surface area contributed by atoms with Gasteiger partial charge in [0.05, 0.1) is 6.21 Å². The van der Waals surface area contributed by atoms with Crippen LogP contribution in [-0.2, 0) is 0 Å². The maximum Gasteiger partial charge on any atom is 0.243 e. The van der Waals surface area contributed by atoms with Crippen LogP contribution in [0.2, 0.25) is 0 Å². The lowest BCUT2D eigenvalue weighted by Gasteiger charge is -1.95. The fourth-order valence-electron chi connectivity index (χ4n) is 1.06. The molecule has 0 amide bonds. The third-order valence-electron chi connectivity index (χ3n) is 1.74. The minimum absolute atomic E-state index is 0.490. The first-order valence-electron chi connectivity index (χ1n) is 4.56. The van der Waals surface area contributed by atoms with Gasteiger partial charge in [-0.25, -0.2) is 15.4 Å². The van der Waals surface area contributed by atoms with Gasteiger partial charge in [-0.2, -0.15) is 5.10 Å². The molecule has 0 unspecified atom stereocenters. The van der Waals surface area contributed by atoms with Crippen molar-refractivity contribution in [2.24, 2.45) is 5.10 Å². The van der Waals surface area contributed by atoms with E-state index in [1.54, 1.807) is 24.7 Å². The molecule has 15 heavy (non-hydrogen) atoms. The van der Waals surface area contributed by atoms with Crippen molar-refractivity contribution in [1.82, 2.24) is 9.97 Å². The average Bonchev–Trinajstić information content (AvgIpc) is 2.32. The van der Waals surface area contributed by atoms with Crippen LogP contribution in [0.1, 0.15) is 5.56 Å². The van der Waals surface area contributed by atoms with Crippen molar-refractivity contribution < 1.29 is 0 Å². The zero-order valence-electron chi connectivity index (χ0n) is 8.04. The molecule has 74 valence electrons. The molecule has 0 aliphatic rings. The Morgan fingerprint density at radius 3 is 2.47 bits per heavy atom. The second-order valence-electron chi connectivity index (χ2n) is 2.85. The summed E-state index contributed by atoms with van der Waals surface area (Å²) in [5.41, 5.74) is 3.77. The zero-order chi connectivity index (χ0) is 10.3. The van der Waals surface area contributed by atoms with E-state index in [0.717, 1.165) is 5.56 Å². The summed E-state index contributed by atoms with van der Waals surface area (Å²) in [5, 5.41) is 4.01. The summed E-state index contributed by atoms with van der Waals surface area (Å²) in [6.45, 7) is 0. The van der Waals surface area contributed by atoms with Gasteiger partial charge >= 0.3 is 0 Å². The highest BCUT2D eigenvalue weighted by molar-refractivity contribution is 5.79. The van der Waals surface area contributed by atoms with Crippen molar-refractivity contribution in [2.45, 2.75) is 0 Å². The van der Waals surface area contributed by atoms with Crippen LogP contribution in [0.5, 0.6) is 0 Å². The van der Waals surface area contributed by atoms with Crippen LogP contribution in [-0.4, -0.2) is 16.2 Å². The van der Waals surface area contributed by atoms with Gasteiger partial charge in [-0.15, -0.1) is 0 Å². The Balaban J connectivity index is 1.97. The smallest absolute Gasteiger partial charge is 0.243 e. The van der Waals surface area contributed by atoms with Gasteiger partial charge in [0.2, 0.25) is 5.95 Å². The van der Waals surface area contributed by atoms with E-state index in [4.69, 9.17) is 0 Å². The van der Waals surface area contributed by atoms with E-state index >= 15 is 0 Å². The van der Waals surface area contributed by atoms with Crippen LogP contribution in [0.3, 0.4) is 0 Å². The number of nitrogens with one attached hydrogen (secondary N) is 1. The Labute approximate surface area is 87.7 Å². The fraction of sp³-hybridized carbons (Fsp3) is 0. The SMILES string of the molecule is C(=N/Nc1ncccn1)/c1ccccc1. The highest BCUT2D eigenvalue weighted by Crippen LogP contribution is 1.96. The number of aromatic nitrogens is 2. The minimum atomic E-state index is 0.490. The maximum atomic E-state index is 4.01. The molecule has 4 nitrogen and oxygen atoms in total. The molecular formula is C11H10N4. The van der Waals surface area contributed by atoms with Crippen LogP contribution >= 0.6 is 0 Å². The molecule has 0 fully saturated rings. The van der Waals surface area contributed by atoms with Crippen molar-refractivity contribution in [1.29, 1.82) is 0 Å². The highest BCUT2D eigenvalue weighted by atomic mass is 15.3. The number of anilines is 1. The Bertz CT molecular complexity index is 425. The summed E-state index contributed by atoms with van der Waals surface area (Å²) in [5.74, 6) is 0.490. The predicted octanol–water partition coefficient (Wildman–Crippen LogP) is 1.92. The third-order valence-corrected chi connectivity index (χ3v) is 1.74. The lowest BCUT2D eigenvalue weighted by Crippen LogP contribution is -1.95. The van der Waals surface area contributed by atoms with Crippen LogP contribution in [0.15, 0.2) is 53.9 Å². The molecule has 0 saturated carbocycles. The van der Waals surface area contributed by atoms with Gasteiger partial charge in [-0.3, -0.25) is 0 Å². The molecule has 0 saturated heterocycles. The van der Waals surface area contributed by atoms with E-state index < -0.39 is 0 Å². The first-order valence-corrected chi connectivity index (χ1v) is 4.56. The van der Waals surface area contributed by atoms with E-state index in [0.29, 0.717) is 5.95 Å². The minimum Gasteiger partial charge on any atom is -0.245 e. The van der Waals surface area contributed by atoms with Crippen LogP contribution in [0.25, 0.3) is 0 Å². The molecule has 2 aromatic rings. The molecule has 1 aromatic carbocycles. The standard InChI is InChI=1S/C11H10N4/c1-2-5-10(6-3-1)9-14-15-11-12-7-4-8-13-11/h1-9H,(H,12,13,15)/b14-9-. The summed E-state index contributed by atoms with van der Waals surface area (Å²) in [6, 6.07) is 11.6. The Morgan fingerprint density at radius 1 is 1.00 bits per heavy atom. The van der Waals surface area contributed by atoms with Gasteiger partial charge in [0, 0.05) is 12.4 Å². The second kappa shape index (κ2) is 4.85. The predicted molar refractivity (Wildman–Crippen MR) is 59.7 cm³/mol. The molecule has 0 bridgehead atoms. The maximum absolute atomic E-state index is 4.01. The number of nitrogens with zero attached hydrogens (tertiary/aromatic N) is 3. The molecule has 0 radical (unpaired) electrons. The molecule has 0 spiro atoms. The van der Waals surface area contributed by atoms with E-state index in [1.165, 1.54) is 0 Å². The molecule has 1 aromatic heterocycles. The van der Waals surface area contributed by atoms with E-state index in [2.05, 4.69) is 20.5 Å². The van der Waals surface area contributed by atoms with Crippen molar-refractivity contribution in [2.75, 3.05) is 5.43 Å². The van der Waals surface area contributed by atoms with E-state index in [9.17, 15) is 0 Å². The Kier molecular flexibility index (Phi) is 3.02. The third kappa shape index (κ3) is 2.87. The lowest BCUT2D eigenvalue weighted by molar-refractivity contribution is 1.12. The number of hydrogen-bond donors (Lipinski definition) is 1. The molecule has 0 aliphatic carbocycles. The number of rotatable bonds is 3. The van der Waals surface area contributed by atoms with Crippen molar-refractivity contribution in [3.05, 3.63) is 54.4 Å². The molecule has 0 atom stereocenters. The normalized spacial score (nSPS) is 10.4. The molecule has 1 heterocycles. The molecule has 0 aliphatic heterocycles. The van der Waals surface area contributed by atoms with Gasteiger partial charge in [-0.1, -0.05) is 30.3 Å². The van der Waals surface area contributed by atoms with Crippen molar-refractivity contribution in [3.8, 4) is 0 Å². The van der Waals surface area contributed by atoms with Gasteiger partial charge in [0.15, 0.2) is 0 Å². The summed E-state index contributed by atoms with van der Waals surface area (Å²) in [7, 11) is 0. The topological polar surface area (TPSA) is 50.2 Å². The lowest BCUT2D eigenvalue weighted by atomic mass is 10.2. The first kappa shape index (κ1) is 9.33. The van der Waals surface area contributed by atoms with Crippen molar-refractivity contribution >= 4 is 12.2 Å². The van der Waals surface area contributed by atoms with Crippen LogP contribution < -0.4 is 5.43 Å². The molecule has 1 N–H and O–H groups in total. The van der Waals surface area contributed by atoms with E-state index in [-0.39, 0.29) is 0 Å². The Morgan fingerprint density at radius 2 is 1.73 bits per heavy atom. The van der Waals surface area contributed by atoms with E-state index in [1.807, 2.05) is 30.3 Å². The van der Waals surface area contributed by atoms with Crippen LogP contribution in [0, 0.1) is 0 Å². The molecule has 4 heteroatoms. The number of hydrazone groups is 1.